The van der Waals surface area contributed by atoms with E-state index in [0.717, 1.165) is 5.56 Å². The van der Waals surface area contributed by atoms with Crippen molar-refractivity contribution in [2.45, 2.75) is 12.5 Å². The van der Waals surface area contributed by atoms with Crippen LogP contribution in [-0.2, 0) is 11.2 Å². The standard InChI is InChI=1S/C13H20N2O4.ClH/c14-13(19)12(15(5-7-16)6-8-17)9-10-1-3-11(18)4-2-10;/h1-4,12,16-18H,5-9H2,(H2,14,19);1H. The number of primary amides is 1. The highest BCUT2D eigenvalue weighted by Gasteiger charge is 2.23. The van der Waals surface area contributed by atoms with E-state index in [9.17, 15) is 9.90 Å². The van der Waals surface area contributed by atoms with Gasteiger partial charge in [0.05, 0.1) is 19.3 Å². The fraction of sp³-hybridized carbons (Fsp3) is 0.462. The highest BCUT2D eigenvalue weighted by atomic mass is 35.5. The van der Waals surface area contributed by atoms with Crippen molar-refractivity contribution in [2.24, 2.45) is 5.73 Å². The van der Waals surface area contributed by atoms with Crippen LogP contribution in [0.15, 0.2) is 24.3 Å². The highest BCUT2D eigenvalue weighted by molar-refractivity contribution is 5.85. The minimum absolute atomic E-state index is 0. The van der Waals surface area contributed by atoms with E-state index in [0.29, 0.717) is 6.42 Å². The van der Waals surface area contributed by atoms with E-state index in [-0.39, 0.29) is 44.5 Å². The molecule has 0 aromatic heterocycles. The second-order valence-electron chi connectivity index (χ2n) is 4.27. The number of carbonyl (C=O) groups is 1. The molecule has 114 valence electrons. The summed E-state index contributed by atoms with van der Waals surface area (Å²) >= 11 is 0. The lowest BCUT2D eigenvalue weighted by molar-refractivity contribution is -0.123. The lowest BCUT2D eigenvalue weighted by Gasteiger charge is -2.28. The number of aliphatic hydroxyl groups is 2. The van der Waals surface area contributed by atoms with Crippen LogP contribution in [-0.4, -0.2) is 58.5 Å². The van der Waals surface area contributed by atoms with Crippen LogP contribution in [0.25, 0.3) is 0 Å². The Bertz CT molecular complexity index is 394. The molecule has 1 aromatic rings. The van der Waals surface area contributed by atoms with Crippen LogP contribution in [0.3, 0.4) is 0 Å². The van der Waals surface area contributed by atoms with Gasteiger partial charge in [0.15, 0.2) is 0 Å². The molecule has 0 fully saturated rings. The number of hydrogen-bond donors (Lipinski definition) is 4. The number of rotatable bonds is 8. The molecule has 0 saturated heterocycles. The molecule has 1 amide bonds. The van der Waals surface area contributed by atoms with Crippen LogP contribution in [0, 0.1) is 0 Å². The van der Waals surface area contributed by atoms with Crippen LogP contribution in [0.5, 0.6) is 5.75 Å². The minimum atomic E-state index is -0.594. The zero-order chi connectivity index (χ0) is 14.3. The average molecular weight is 305 g/mol. The monoisotopic (exact) mass is 304 g/mol. The van der Waals surface area contributed by atoms with Crippen LogP contribution in [0.1, 0.15) is 5.56 Å². The Morgan fingerprint density at radius 1 is 1.15 bits per heavy atom. The first-order valence-electron chi connectivity index (χ1n) is 6.11. The number of nitrogens with two attached hydrogens (primary N) is 1. The van der Waals surface area contributed by atoms with Crippen molar-refractivity contribution in [3.63, 3.8) is 0 Å². The topological polar surface area (TPSA) is 107 Å². The molecule has 0 aliphatic heterocycles. The van der Waals surface area contributed by atoms with E-state index in [1.54, 1.807) is 17.0 Å². The number of hydrogen-bond acceptors (Lipinski definition) is 5. The van der Waals surface area contributed by atoms with Gasteiger partial charge in [-0.25, -0.2) is 0 Å². The Balaban J connectivity index is 0.00000361. The minimum Gasteiger partial charge on any atom is -0.508 e. The summed E-state index contributed by atoms with van der Waals surface area (Å²) in [6.45, 7) is 0.317. The number of amides is 1. The van der Waals surface area contributed by atoms with Crippen molar-refractivity contribution in [3.05, 3.63) is 29.8 Å². The van der Waals surface area contributed by atoms with E-state index < -0.39 is 11.9 Å². The van der Waals surface area contributed by atoms with E-state index in [1.807, 2.05) is 0 Å². The maximum absolute atomic E-state index is 11.5. The number of phenolic OH excluding ortho intramolecular Hbond substituents is 1. The smallest absolute Gasteiger partial charge is 0.235 e. The molecule has 1 aromatic carbocycles. The zero-order valence-corrected chi connectivity index (χ0v) is 11.9. The summed E-state index contributed by atoms with van der Waals surface area (Å²) in [4.78, 5) is 13.2. The van der Waals surface area contributed by atoms with Crippen molar-refractivity contribution in [1.82, 2.24) is 4.90 Å². The van der Waals surface area contributed by atoms with Gasteiger partial charge in [0, 0.05) is 13.1 Å². The second-order valence-corrected chi connectivity index (χ2v) is 4.27. The molecular weight excluding hydrogens is 284 g/mol. The number of carbonyl (C=O) groups excluding carboxylic acids is 1. The van der Waals surface area contributed by atoms with Crippen molar-refractivity contribution < 1.29 is 20.1 Å². The van der Waals surface area contributed by atoms with Gasteiger partial charge in [0.1, 0.15) is 5.75 Å². The van der Waals surface area contributed by atoms with Crippen molar-refractivity contribution in [2.75, 3.05) is 26.3 Å². The molecule has 0 radical (unpaired) electrons. The quantitative estimate of drug-likeness (QED) is 0.518. The van der Waals surface area contributed by atoms with E-state index in [1.165, 1.54) is 12.1 Å². The molecule has 0 aliphatic rings. The van der Waals surface area contributed by atoms with Gasteiger partial charge in [-0.05, 0) is 24.1 Å². The van der Waals surface area contributed by atoms with Gasteiger partial charge in [0.25, 0.3) is 0 Å². The molecule has 6 nitrogen and oxygen atoms in total. The molecular formula is C13H21ClN2O4. The first kappa shape index (κ1) is 18.7. The van der Waals surface area contributed by atoms with Crippen molar-refractivity contribution >= 4 is 18.3 Å². The van der Waals surface area contributed by atoms with Crippen LogP contribution in [0.2, 0.25) is 0 Å². The Labute approximate surface area is 124 Å². The maximum Gasteiger partial charge on any atom is 0.235 e. The first-order valence-corrected chi connectivity index (χ1v) is 6.11. The zero-order valence-electron chi connectivity index (χ0n) is 11.1. The van der Waals surface area contributed by atoms with Crippen LogP contribution < -0.4 is 5.73 Å². The van der Waals surface area contributed by atoms with Crippen LogP contribution >= 0.6 is 12.4 Å². The second kappa shape index (κ2) is 9.55. The Hall–Kier alpha value is -1.34. The fourth-order valence-corrected chi connectivity index (χ4v) is 1.95. The summed E-state index contributed by atoms with van der Waals surface area (Å²) in [5, 5.41) is 27.2. The van der Waals surface area contributed by atoms with E-state index >= 15 is 0 Å². The molecule has 0 heterocycles. The van der Waals surface area contributed by atoms with Gasteiger partial charge in [-0.2, -0.15) is 0 Å². The van der Waals surface area contributed by atoms with Gasteiger partial charge in [-0.3, -0.25) is 9.69 Å². The number of benzene rings is 1. The van der Waals surface area contributed by atoms with Gasteiger partial charge >= 0.3 is 0 Å². The Morgan fingerprint density at radius 3 is 2.05 bits per heavy atom. The van der Waals surface area contributed by atoms with Crippen molar-refractivity contribution in [1.29, 1.82) is 0 Å². The van der Waals surface area contributed by atoms with Crippen LogP contribution in [0.4, 0.5) is 0 Å². The highest BCUT2D eigenvalue weighted by Crippen LogP contribution is 2.13. The molecule has 0 spiro atoms. The third-order valence-electron chi connectivity index (χ3n) is 2.91. The Kier molecular flexibility index (Phi) is 8.91. The number of halogens is 1. The summed E-state index contributed by atoms with van der Waals surface area (Å²) in [5.74, 6) is -0.350. The van der Waals surface area contributed by atoms with Gasteiger partial charge in [-0.1, -0.05) is 12.1 Å². The Morgan fingerprint density at radius 2 is 1.65 bits per heavy atom. The van der Waals surface area contributed by atoms with E-state index in [4.69, 9.17) is 15.9 Å². The molecule has 7 heteroatoms. The molecule has 0 aliphatic carbocycles. The number of aliphatic hydroxyl groups excluding tert-OH is 2. The summed E-state index contributed by atoms with van der Waals surface area (Å²) in [7, 11) is 0. The predicted molar refractivity (Wildman–Crippen MR) is 77.8 cm³/mol. The van der Waals surface area contributed by atoms with Gasteiger partial charge < -0.3 is 21.1 Å². The van der Waals surface area contributed by atoms with E-state index in [2.05, 4.69) is 0 Å². The van der Waals surface area contributed by atoms with Gasteiger partial charge in [0.2, 0.25) is 5.91 Å². The molecule has 1 atom stereocenters. The largest absolute Gasteiger partial charge is 0.508 e. The molecule has 0 saturated carbocycles. The number of phenols is 1. The fourth-order valence-electron chi connectivity index (χ4n) is 1.95. The molecule has 20 heavy (non-hydrogen) atoms. The average Bonchev–Trinajstić information content (AvgIpc) is 2.37. The molecule has 0 bridgehead atoms. The normalized spacial score (nSPS) is 11.9. The summed E-state index contributed by atoms with van der Waals surface area (Å²) in [5.41, 5.74) is 6.23. The summed E-state index contributed by atoms with van der Waals surface area (Å²) < 4.78 is 0. The summed E-state index contributed by atoms with van der Waals surface area (Å²) in [6, 6.07) is 5.90. The SMILES string of the molecule is Cl.NC(=O)C(Cc1ccc(O)cc1)N(CCO)CCO. The number of aromatic hydroxyl groups is 1. The maximum atomic E-state index is 11.5. The third-order valence-corrected chi connectivity index (χ3v) is 2.91. The predicted octanol–water partition coefficient (Wildman–Crippen LogP) is -0.503. The lowest BCUT2D eigenvalue weighted by Crippen LogP contribution is -2.48. The lowest BCUT2D eigenvalue weighted by atomic mass is 10.0. The van der Waals surface area contributed by atoms with Gasteiger partial charge in [-0.15, -0.1) is 12.4 Å². The van der Waals surface area contributed by atoms with Crippen molar-refractivity contribution in [3.8, 4) is 5.75 Å². The third kappa shape index (κ3) is 5.75. The molecule has 5 N–H and O–H groups in total. The molecule has 1 unspecified atom stereocenters. The first-order chi connectivity index (χ1) is 9.08. The molecule has 1 rings (SSSR count). The number of nitrogens with zero attached hydrogens (tertiary/aromatic N) is 1. The summed E-state index contributed by atoms with van der Waals surface area (Å²) in [6.07, 6.45) is 0.371.